The molecule has 0 radical (unpaired) electrons. The Morgan fingerprint density at radius 2 is 2.12 bits per heavy atom. The molecule has 0 aromatic carbocycles. The molecule has 0 bridgehead atoms. The molecule has 0 saturated carbocycles. The van der Waals surface area contributed by atoms with Crippen molar-refractivity contribution in [3.63, 3.8) is 0 Å². The largest absolute Gasteiger partial charge is 0.376 e. The maximum Gasteiger partial charge on any atom is 0.225 e. The Kier molecular flexibility index (Phi) is 4.76. The van der Waals surface area contributed by atoms with E-state index in [9.17, 15) is 4.79 Å². The molecule has 0 aromatic heterocycles. The second-order valence-corrected chi connectivity index (χ2v) is 4.81. The second kappa shape index (κ2) is 6.33. The summed E-state index contributed by atoms with van der Waals surface area (Å²) >= 11 is 0. The summed E-state index contributed by atoms with van der Waals surface area (Å²) in [7, 11) is 1.86. The lowest BCUT2D eigenvalue weighted by molar-refractivity contribution is -0.141. The number of nitrogens with one attached hydrogen (secondary N) is 1. The van der Waals surface area contributed by atoms with E-state index in [1.165, 1.54) is 0 Å². The number of nitrogens with zero attached hydrogens (tertiary/aromatic N) is 1. The molecule has 0 spiro atoms. The van der Waals surface area contributed by atoms with Crippen molar-refractivity contribution < 1.29 is 14.3 Å². The van der Waals surface area contributed by atoms with Gasteiger partial charge in [0.05, 0.1) is 25.9 Å². The van der Waals surface area contributed by atoms with E-state index in [-0.39, 0.29) is 17.9 Å². The maximum absolute atomic E-state index is 12.2. The molecular weight excluding hydrogens is 220 g/mol. The number of hydrogen-bond donors (Lipinski definition) is 1. The molecule has 1 atom stereocenters. The van der Waals surface area contributed by atoms with E-state index in [0.29, 0.717) is 26.4 Å². The molecule has 0 unspecified atom stereocenters. The van der Waals surface area contributed by atoms with Crippen LogP contribution >= 0.6 is 0 Å². The Labute approximate surface area is 102 Å². The average Bonchev–Trinajstić information content (AvgIpc) is 2.40. The lowest BCUT2D eigenvalue weighted by Crippen LogP contribution is -2.44. The molecule has 2 aliphatic rings. The number of hydrogen-bond acceptors (Lipinski definition) is 4. The van der Waals surface area contributed by atoms with Gasteiger partial charge in [0.15, 0.2) is 0 Å². The van der Waals surface area contributed by atoms with Crippen molar-refractivity contribution in [3.05, 3.63) is 0 Å². The Morgan fingerprint density at radius 1 is 1.35 bits per heavy atom. The Morgan fingerprint density at radius 3 is 2.76 bits per heavy atom. The first-order chi connectivity index (χ1) is 8.27. The van der Waals surface area contributed by atoms with E-state index in [1.807, 2.05) is 7.05 Å². The van der Waals surface area contributed by atoms with Gasteiger partial charge in [-0.3, -0.25) is 4.79 Å². The summed E-state index contributed by atoms with van der Waals surface area (Å²) in [4.78, 5) is 14.0. The predicted molar refractivity (Wildman–Crippen MR) is 63.8 cm³/mol. The van der Waals surface area contributed by atoms with Crippen molar-refractivity contribution in [2.24, 2.45) is 5.92 Å². The van der Waals surface area contributed by atoms with Crippen molar-refractivity contribution in [3.8, 4) is 0 Å². The van der Waals surface area contributed by atoms with Crippen LogP contribution < -0.4 is 5.32 Å². The van der Waals surface area contributed by atoms with E-state index >= 15 is 0 Å². The van der Waals surface area contributed by atoms with Gasteiger partial charge in [-0.1, -0.05) is 0 Å². The van der Waals surface area contributed by atoms with E-state index < -0.39 is 0 Å². The topological polar surface area (TPSA) is 50.8 Å². The summed E-state index contributed by atoms with van der Waals surface area (Å²) in [6.45, 7) is 4.45. The minimum Gasteiger partial charge on any atom is -0.376 e. The number of ether oxygens (including phenoxy) is 2. The number of rotatable bonds is 3. The third kappa shape index (κ3) is 3.66. The third-order valence-electron chi connectivity index (χ3n) is 3.43. The Balaban J connectivity index is 1.77. The molecular formula is C12H22N2O3. The third-order valence-corrected chi connectivity index (χ3v) is 3.43. The van der Waals surface area contributed by atoms with Gasteiger partial charge < -0.3 is 19.7 Å². The number of carbonyl (C=O) groups is 1. The van der Waals surface area contributed by atoms with Gasteiger partial charge in [-0.25, -0.2) is 0 Å². The van der Waals surface area contributed by atoms with Gasteiger partial charge >= 0.3 is 0 Å². The molecule has 2 aliphatic heterocycles. The molecule has 0 aromatic rings. The summed E-state index contributed by atoms with van der Waals surface area (Å²) < 4.78 is 10.9. The van der Waals surface area contributed by atoms with E-state index in [2.05, 4.69) is 5.32 Å². The normalized spacial score (nSPS) is 26.8. The number of piperidine rings is 1. The summed E-state index contributed by atoms with van der Waals surface area (Å²) in [6, 6.07) is 0. The van der Waals surface area contributed by atoms with Crippen LogP contribution in [0.15, 0.2) is 0 Å². The van der Waals surface area contributed by atoms with Crippen LogP contribution in [0, 0.1) is 5.92 Å². The van der Waals surface area contributed by atoms with Gasteiger partial charge in [0.1, 0.15) is 0 Å². The molecule has 2 heterocycles. The highest BCUT2D eigenvalue weighted by molar-refractivity contribution is 5.78. The minimum atomic E-state index is 0.0411. The minimum absolute atomic E-state index is 0.0411. The molecule has 2 fully saturated rings. The molecule has 2 rings (SSSR count). The van der Waals surface area contributed by atoms with Crippen LogP contribution in [0.4, 0.5) is 0 Å². The zero-order chi connectivity index (χ0) is 12.1. The van der Waals surface area contributed by atoms with Gasteiger partial charge in [0.25, 0.3) is 0 Å². The molecule has 98 valence electrons. The zero-order valence-corrected chi connectivity index (χ0v) is 10.5. The molecule has 1 N–H and O–H groups in total. The van der Waals surface area contributed by atoms with Crippen LogP contribution in [0.5, 0.6) is 0 Å². The molecule has 2 saturated heterocycles. The summed E-state index contributed by atoms with van der Waals surface area (Å²) in [5.41, 5.74) is 0. The molecule has 5 heteroatoms. The summed E-state index contributed by atoms with van der Waals surface area (Å²) in [6.07, 6.45) is 1.94. The van der Waals surface area contributed by atoms with E-state index in [4.69, 9.17) is 9.47 Å². The first kappa shape index (κ1) is 12.8. The lowest BCUT2D eigenvalue weighted by atomic mass is 9.96. The first-order valence-electron chi connectivity index (χ1n) is 6.42. The monoisotopic (exact) mass is 242 g/mol. The maximum atomic E-state index is 12.2. The van der Waals surface area contributed by atoms with Gasteiger partial charge in [-0.05, 0) is 25.9 Å². The van der Waals surface area contributed by atoms with Crippen molar-refractivity contribution in [1.29, 1.82) is 0 Å². The number of amides is 1. The molecule has 5 nitrogen and oxygen atoms in total. The van der Waals surface area contributed by atoms with Gasteiger partial charge in [-0.15, -0.1) is 0 Å². The fourth-order valence-electron chi connectivity index (χ4n) is 2.42. The fourth-order valence-corrected chi connectivity index (χ4v) is 2.42. The predicted octanol–water partition coefficient (Wildman–Crippen LogP) is -0.140. The van der Waals surface area contributed by atoms with Crippen molar-refractivity contribution in [1.82, 2.24) is 10.2 Å². The van der Waals surface area contributed by atoms with Crippen LogP contribution in [-0.2, 0) is 14.3 Å². The van der Waals surface area contributed by atoms with Gasteiger partial charge in [0.2, 0.25) is 5.91 Å². The standard InChI is InChI=1S/C12H22N2O3/c1-14(8-11-9-16-6-7-17-11)12(15)10-2-4-13-5-3-10/h10-11,13H,2-9H2,1H3/t11-/m1/s1. The van der Waals surface area contributed by atoms with Crippen molar-refractivity contribution in [2.75, 3.05) is 46.5 Å². The molecule has 0 aliphatic carbocycles. The molecule has 17 heavy (non-hydrogen) atoms. The smallest absolute Gasteiger partial charge is 0.225 e. The SMILES string of the molecule is CN(C[C@@H]1COCCO1)C(=O)C1CCNCC1. The summed E-state index contributed by atoms with van der Waals surface area (Å²) in [5, 5.41) is 3.27. The lowest BCUT2D eigenvalue weighted by Gasteiger charge is -2.31. The highest BCUT2D eigenvalue weighted by Gasteiger charge is 2.26. The fraction of sp³-hybridized carbons (Fsp3) is 0.917. The van der Waals surface area contributed by atoms with Crippen molar-refractivity contribution in [2.45, 2.75) is 18.9 Å². The quantitative estimate of drug-likeness (QED) is 0.748. The van der Waals surface area contributed by atoms with Crippen molar-refractivity contribution >= 4 is 5.91 Å². The van der Waals surface area contributed by atoms with Crippen LogP contribution in [-0.4, -0.2) is 63.4 Å². The van der Waals surface area contributed by atoms with Gasteiger partial charge in [0, 0.05) is 19.5 Å². The average molecular weight is 242 g/mol. The number of likely N-dealkylation sites (N-methyl/N-ethyl adjacent to an activating group) is 1. The first-order valence-corrected chi connectivity index (χ1v) is 6.42. The highest BCUT2D eigenvalue weighted by atomic mass is 16.6. The van der Waals surface area contributed by atoms with Crippen LogP contribution in [0.2, 0.25) is 0 Å². The number of carbonyl (C=O) groups excluding carboxylic acids is 1. The van der Waals surface area contributed by atoms with Gasteiger partial charge in [-0.2, -0.15) is 0 Å². The van der Waals surface area contributed by atoms with E-state index in [0.717, 1.165) is 25.9 Å². The van der Waals surface area contributed by atoms with Crippen LogP contribution in [0.3, 0.4) is 0 Å². The summed E-state index contributed by atoms with van der Waals surface area (Å²) in [5.74, 6) is 0.437. The molecule has 1 amide bonds. The van der Waals surface area contributed by atoms with E-state index in [1.54, 1.807) is 4.90 Å². The highest BCUT2D eigenvalue weighted by Crippen LogP contribution is 2.15. The van der Waals surface area contributed by atoms with Crippen LogP contribution in [0.1, 0.15) is 12.8 Å². The Bertz CT molecular complexity index is 248. The Hall–Kier alpha value is -0.650. The second-order valence-electron chi connectivity index (χ2n) is 4.81. The zero-order valence-electron chi connectivity index (χ0n) is 10.5. The van der Waals surface area contributed by atoms with Crippen LogP contribution in [0.25, 0.3) is 0 Å².